The second-order valence-electron chi connectivity index (χ2n) is 4.90. The molecule has 0 aliphatic rings. The number of benzene rings is 2. The Morgan fingerprint density at radius 2 is 1.50 bits per heavy atom. The van der Waals surface area contributed by atoms with Gasteiger partial charge in [-0.15, -0.1) is 11.6 Å². The monoisotopic (exact) mass is 369 g/mol. The van der Waals surface area contributed by atoms with Crippen LogP contribution in [0.3, 0.4) is 0 Å². The summed E-state index contributed by atoms with van der Waals surface area (Å²) < 4.78 is 30.8. The van der Waals surface area contributed by atoms with E-state index in [1.165, 1.54) is 24.3 Å². The van der Waals surface area contributed by atoms with Gasteiger partial charge in [0.05, 0.1) is 28.3 Å². The van der Waals surface area contributed by atoms with Gasteiger partial charge in [0, 0.05) is 12.2 Å². The SMILES string of the molecule is O=S(=O)(O)c1ccc(N=Nc2ccc(NCC(O)CCl)cc2)cc1. The van der Waals surface area contributed by atoms with Gasteiger partial charge >= 0.3 is 0 Å². The summed E-state index contributed by atoms with van der Waals surface area (Å²) in [7, 11) is -4.21. The van der Waals surface area contributed by atoms with Crippen molar-refractivity contribution in [3.05, 3.63) is 48.5 Å². The first-order chi connectivity index (χ1) is 11.4. The number of aliphatic hydroxyl groups is 1. The highest BCUT2D eigenvalue weighted by Crippen LogP contribution is 2.21. The van der Waals surface area contributed by atoms with Gasteiger partial charge in [0.25, 0.3) is 10.1 Å². The maximum absolute atomic E-state index is 10.9. The third-order valence-corrected chi connectivity index (χ3v) is 4.23. The molecule has 7 nitrogen and oxygen atoms in total. The first kappa shape index (κ1) is 18.3. The molecule has 0 saturated carbocycles. The van der Waals surface area contributed by atoms with Crippen LogP contribution >= 0.6 is 11.6 Å². The number of alkyl halides is 1. The minimum absolute atomic E-state index is 0.162. The number of halogens is 1. The number of nitrogens with one attached hydrogen (secondary N) is 1. The molecule has 9 heteroatoms. The molecule has 3 N–H and O–H groups in total. The van der Waals surface area contributed by atoms with Crippen LogP contribution in [-0.2, 0) is 10.1 Å². The Morgan fingerprint density at radius 3 is 1.96 bits per heavy atom. The standard InChI is InChI=1S/C15H16ClN3O4S/c16-9-14(20)10-17-11-1-3-12(4-2-11)18-19-13-5-7-15(8-6-13)24(21,22)23/h1-8,14,17,20H,9-10H2,(H,21,22,23). The lowest BCUT2D eigenvalue weighted by atomic mass is 10.3. The molecule has 0 aliphatic carbocycles. The number of azo groups is 1. The zero-order chi connectivity index (χ0) is 17.6. The lowest BCUT2D eigenvalue weighted by molar-refractivity contribution is 0.211. The second kappa shape index (κ2) is 8.20. The Kier molecular flexibility index (Phi) is 6.27. The van der Waals surface area contributed by atoms with E-state index in [1.807, 2.05) is 0 Å². The topological polar surface area (TPSA) is 111 Å². The Labute approximate surface area is 144 Å². The number of hydrogen-bond acceptors (Lipinski definition) is 6. The second-order valence-corrected chi connectivity index (χ2v) is 6.64. The Hall–Kier alpha value is -2.00. The molecule has 2 aromatic carbocycles. The lowest BCUT2D eigenvalue weighted by Gasteiger charge is -2.09. The highest BCUT2D eigenvalue weighted by Gasteiger charge is 2.08. The fourth-order valence-corrected chi connectivity index (χ4v) is 2.33. The summed E-state index contributed by atoms with van der Waals surface area (Å²) in [5.41, 5.74) is 1.88. The van der Waals surface area contributed by atoms with Gasteiger partial charge in [-0.2, -0.15) is 18.6 Å². The predicted octanol–water partition coefficient (Wildman–Crippen LogP) is 3.36. The summed E-state index contributed by atoms with van der Waals surface area (Å²) in [6, 6.07) is 12.4. The average Bonchev–Trinajstić information content (AvgIpc) is 2.58. The van der Waals surface area contributed by atoms with Crippen molar-refractivity contribution in [3.63, 3.8) is 0 Å². The summed E-state index contributed by atoms with van der Waals surface area (Å²) in [6.07, 6.45) is -0.614. The molecule has 0 amide bonds. The Morgan fingerprint density at radius 1 is 1.00 bits per heavy atom. The van der Waals surface area contributed by atoms with Gasteiger partial charge in [0.1, 0.15) is 0 Å². The van der Waals surface area contributed by atoms with E-state index in [2.05, 4.69) is 15.5 Å². The number of anilines is 1. The van der Waals surface area contributed by atoms with Gasteiger partial charge in [-0.1, -0.05) is 0 Å². The molecule has 128 valence electrons. The number of hydrogen-bond donors (Lipinski definition) is 3. The van der Waals surface area contributed by atoms with Crippen LogP contribution in [0.15, 0.2) is 63.7 Å². The van der Waals surface area contributed by atoms with Crippen molar-refractivity contribution in [3.8, 4) is 0 Å². The van der Waals surface area contributed by atoms with Crippen LogP contribution in [0.1, 0.15) is 0 Å². The average molecular weight is 370 g/mol. The molecule has 0 saturated heterocycles. The predicted molar refractivity (Wildman–Crippen MR) is 92.1 cm³/mol. The van der Waals surface area contributed by atoms with Gasteiger partial charge < -0.3 is 10.4 Å². The maximum atomic E-state index is 10.9. The van der Waals surface area contributed by atoms with Crippen molar-refractivity contribution in [2.75, 3.05) is 17.7 Å². The molecule has 0 aromatic heterocycles. The Balaban J connectivity index is 1.99. The van der Waals surface area contributed by atoms with E-state index < -0.39 is 16.2 Å². The van der Waals surface area contributed by atoms with Crippen LogP contribution in [-0.4, -0.2) is 36.6 Å². The van der Waals surface area contributed by atoms with Crippen molar-refractivity contribution >= 4 is 38.8 Å². The van der Waals surface area contributed by atoms with Gasteiger partial charge in [-0.05, 0) is 48.5 Å². The molecule has 2 aromatic rings. The van der Waals surface area contributed by atoms with E-state index in [-0.39, 0.29) is 10.8 Å². The number of aliphatic hydroxyl groups excluding tert-OH is 1. The molecular formula is C15H16ClN3O4S. The summed E-state index contributed by atoms with van der Waals surface area (Å²) in [5, 5.41) is 20.4. The summed E-state index contributed by atoms with van der Waals surface area (Å²) in [4.78, 5) is -0.198. The number of nitrogens with zero attached hydrogens (tertiary/aromatic N) is 2. The van der Waals surface area contributed by atoms with Crippen LogP contribution in [0.25, 0.3) is 0 Å². The minimum atomic E-state index is -4.21. The fourth-order valence-electron chi connectivity index (χ4n) is 1.74. The molecule has 0 bridgehead atoms. The van der Waals surface area contributed by atoms with Crippen LogP contribution in [0.2, 0.25) is 0 Å². The van der Waals surface area contributed by atoms with Crippen molar-refractivity contribution in [2.24, 2.45) is 10.2 Å². The molecular weight excluding hydrogens is 354 g/mol. The quantitative estimate of drug-likeness (QED) is 0.393. The van der Waals surface area contributed by atoms with Gasteiger partial charge in [0.15, 0.2) is 0 Å². The lowest BCUT2D eigenvalue weighted by Crippen LogP contribution is -2.20. The summed E-state index contributed by atoms with van der Waals surface area (Å²) >= 11 is 5.51. The smallest absolute Gasteiger partial charge is 0.294 e. The third kappa shape index (κ3) is 5.57. The van der Waals surface area contributed by atoms with Gasteiger partial charge in [0.2, 0.25) is 0 Å². The molecule has 2 rings (SSSR count). The van der Waals surface area contributed by atoms with Crippen molar-refractivity contribution < 1.29 is 18.1 Å². The first-order valence-electron chi connectivity index (χ1n) is 6.96. The van der Waals surface area contributed by atoms with Crippen molar-refractivity contribution in [2.45, 2.75) is 11.0 Å². The zero-order valence-electron chi connectivity index (χ0n) is 12.5. The van der Waals surface area contributed by atoms with E-state index in [0.717, 1.165) is 5.69 Å². The van der Waals surface area contributed by atoms with Gasteiger partial charge in [-0.3, -0.25) is 4.55 Å². The number of rotatable bonds is 7. The third-order valence-electron chi connectivity index (χ3n) is 3.00. The Bertz CT molecular complexity index is 792. The fraction of sp³-hybridized carbons (Fsp3) is 0.200. The van der Waals surface area contributed by atoms with E-state index in [1.54, 1.807) is 24.3 Å². The van der Waals surface area contributed by atoms with E-state index in [4.69, 9.17) is 16.2 Å². The summed E-state index contributed by atoms with van der Waals surface area (Å²) in [6.45, 7) is 0.352. The van der Waals surface area contributed by atoms with E-state index >= 15 is 0 Å². The highest BCUT2D eigenvalue weighted by molar-refractivity contribution is 7.85. The molecule has 0 aliphatic heterocycles. The van der Waals surface area contributed by atoms with Crippen LogP contribution in [0, 0.1) is 0 Å². The molecule has 0 heterocycles. The normalized spacial score (nSPS) is 13.1. The molecule has 0 radical (unpaired) electrons. The van der Waals surface area contributed by atoms with E-state index in [9.17, 15) is 13.5 Å². The molecule has 0 fully saturated rings. The first-order valence-corrected chi connectivity index (χ1v) is 8.93. The van der Waals surface area contributed by atoms with Crippen LogP contribution in [0.4, 0.5) is 17.1 Å². The molecule has 0 spiro atoms. The van der Waals surface area contributed by atoms with Crippen molar-refractivity contribution in [1.82, 2.24) is 0 Å². The molecule has 1 atom stereocenters. The van der Waals surface area contributed by atoms with Gasteiger partial charge in [-0.25, -0.2) is 0 Å². The minimum Gasteiger partial charge on any atom is -0.390 e. The largest absolute Gasteiger partial charge is 0.390 e. The van der Waals surface area contributed by atoms with Crippen LogP contribution < -0.4 is 5.32 Å². The molecule has 1 unspecified atom stereocenters. The highest BCUT2D eigenvalue weighted by atomic mass is 35.5. The van der Waals surface area contributed by atoms with E-state index in [0.29, 0.717) is 17.9 Å². The zero-order valence-corrected chi connectivity index (χ0v) is 14.1. The van der Waals surface area contributed by atoms with Crippen molar-refractivity contribution in [1.29, 1.82) is 0 Å². The molecule has 24 heavy (non-hydrogen) atoms. The van der Waals surface area contributed by atoms with Crippen LogP contribution in [0.5, 0.6) is 0 Å². The summed E-state index contributed by atoms with van der Waals surface area (Å²) in [5.74, 6) is 0.162. The maximum Gasteiger partial charge on any atom is 0.294 e.